The fourth-order valence-corrected chi connectivity index (χ4v) is 0.980. The topological polar surface area (TPSA) is 51.2 Å². The van der Waals surface area contributed by atoms with E-state index in [1.165, 1.54) is 18.3 Å². The summed E-state index contributed by atoms with van der Waals surface area (Å²) in [6.45, 7) is -1.55. The average molecular weight is 299 g/mol. The lowest BCUT2D eigenvalue weighted by Crippen LogP contribution is -2.30. The van der Waals surface area contributed by atoms with Crippen molar-refractivity contribution in [1.29, 1.82) is 0 Å². The molecule has 4 nitrogen and oxygen atoms in total. The quantitative estimate of drug-likeness (QED) is 0.869. The molecule has 1 amide bonds. The maximum atomic E-state index is 11.7. The monoisotopic (exact) mass is 298 g/mol. The van der Waals surface area contributed by atoms with Crippen LogP contribution in [0.3, 0.4) is 0 Å². The molecule has 1 rings (SSSR count). The molecule has 0 aliphatic heterocycles. The number of hydrogen-bond acceptors (Lipinski definition) is 3. The van der Waals surface area contributed by atoms with Crippen LogP contribution in [0.5, 0.6) is 0 Å². The lowest BCUT2D eigenvalue weighted by molar-refractivity contribution is -0.184. The van der Waals surface area contributed by atoms with Crippen LogP contribution in [0.2, 0.25) is 0 Å². The van der Waals surface area contributed by atoms with Crippen LogP contribution in [0.25, 0.3) is 0 Å². The molecule has 0 spiro atoms. The first-order valence-electron chi connectivity index (χ1n) is 3.99. The number of nitrogens with zero attached hydrogens (tertiary/aromatic N) is 1. The molecule has 0 saturated carbocycles. The zero-order valence-electron chi connectivity index (χ0n) is 7.71. The molecular formula is C8H6BrF3N2O2. The van der Waals surface area contributed by atoms with Crippen molar-refractivity contribution in [3.05, 3.63) is 28.5 Å². The van der Waals surface area contributed by atoms with Gasteiger partial charge in [0.1, 0.15) is 5.69 Å². The second-order valence-electron chi connectivity index (χ2n) is 2.70. The molecule has 0 bridgehead atoms. The van der Waals surface area contributed by atoms with E-state index in [0.29, 0.717) is 4.47 Å². The molecule has 0 saturated heterocycles. The summed E-state index contributed by atoms with van der Waals surface area (Å²) < 4.78 is 35.6. The Bertz CT molecular complexity index is 367. The average Bonchev–Trinajstić information content (AvgIpc) is 2.16. The predicted octanol–water partition coefficient (Wildman–Crippen LogP) is 2.07. The third-order valence-electron chi connectivity index (χ3n) is 1.36. The highest BCUT2D eigenvalue weighted by Crippen LogP contribution is 2.13. The van der Waals surface area contributed by atoms with Crippen LogP contribution in [0.4, 0.5) is 13.2 Å². The third kappa shape index (κ3) is 4.58. The molecular weight excluding hydrogens is 293 g/mol. The Kier molecular flexibility index (Phi) is 4.25. The summed E-state index contributed by atoms with van der Waals surface area (Å²) in [6.07, 6.45) is -3.14. The largest absolute Gasteiger partial charge is 0.414 e. The highest BCUT2D eigenvalue weighted by Gasteiger charge is 2.28. The van der Waals surface area contributed by atoms with Gasteiger partial charge in [-0.25, -0.2) is 10.5 Å². The lowest BCUT2D eigenvalue weighted by atomic mass is 10.3. The van der Waals surface area contributed by atoms with Crippen molar-refractivity contribution >= 4 is 21.8 Å². The van der Waals surface area contributed by atoms with Crippen LogP contribution in [0.1, 0.15) is 10.5 Å². The summed E-state index contributed by atoms with van der Waals surface area (Å²) in [5.74, 6) is -0.836. The number of halogens is 4. The molecule has 0 aliphatic carbocycles. The number of aromatic nitrogens is 1. The zero-order chi connectivity index (χ0) is 12.2. The van der Waals surface area contributed by atoms with Gasteiger partial charge in [0, 0.05) is 10.7 Å². The Morgan fingerprint density at radius 3 is 2.69 bits per heavy atom. The minimum atomic E-state index is -4.49. The second kappa shape index (κ2) is 5.26. The molecule has 0 unspecified atom stereocenters. The lowest BCUT2D eigenvalue weighted by Gasteiger charge is -2.07. The van der Waals surface area contributed by atoms with Crippen molar-refractivity contribution in [3.8, 4) is 0 Å². The number of hydroxylamine groups is 1. The van der Waals surface area contributed by atoms with Gasteiger partial charge in [0.25, 0.3) is 5.91 Å². The maximum Gasteiger partial charge on any atom is 0.414 e. The van der Waals surface area contributed by atoms with E-state index in [4.69, 9.17) is 0 Å². The normalized spacial score (nSPS) is 11.2. The molecule has 0 radical (unpaired) electrons. The van der Waals surface area contributed by atoms with E-state index < -0.39 is 18.7 Å². The Morgan fingerprint density at radius 2 is 2.19 bits per heavy atom. The van der Waals surface area contributed by atoms with Crippen molar-refractivity contribution in [2.24, 2.45) is 0 Å². The number of hydrogen-bond donors (Lipinski definition) is 1. The number of alkyl halides is 3. The van der Waals surface area contributed by atoms with Crippen LogP contribution < -0.4 is 5.48 Å². The highest BCUT2D eigenvalue weighted by molar-refractivity contribution is 9.10. The SMILES string of the molecule is O=C(NOCC(F)(F)F)c1ccc(Br)cn1. The summed E-state index contributed by atoms with van der Waals surface area (Å²) in [7, 11) is 0. The summed E-state index contributed by atoms with van der Waals surface area (Å²) in [6, 6.07) is 2.88. The van der Waals surface area contributed by atoms with E-state index in [1.807, 2.05) is 0 Å². The molecule has 8 heteroatoms. The van der Waals surface area contributed by atoms with Gasteiger partial charge in [-0.15, -0.1) is 0 Å². The summed E-state index contributed by atoms with van der Waals surface area (Å²) in [5.41, 5.74) is 1.60. The second-order valence-corrected chi connectivity index (χ2v) is 3.61. The zero-order valence-corrected chi connectivity index (χ0v) is 9.30. The predicted molar refractivity (Wildman–Crippen MR) is 51.4 cm³/mol. The van der Waals surface area contributed by atoms with Gasteiger partial charge in [-0.2, -0.15) is 13.2 Å². The van der Waals surface area contributed by atoms with Crippen LogP contribution in [0.15, 0.2) is 22.8 Å². The molecule has 0 fully saturated rings. The Morgan fingerprint density at radius 1 is 1.50 bits per heavy atom. The standard InChI is InChI=1S/C8H6BrF3N2O2/c9-5-1-2-6(13-3-5)7(15)14-16-4-8(10,11)12/h1-3H,4H2,(H,14,15). The van der Waals surface area contributed by atoms with Crippen LogP contribution in [0, 0.1) is 0 Å². The van der Waals surface area contributed by atoms with E-state index >= 15 is 0 Å². The van der Waals surface area contributed by atoms with Crippen LogP contribution in [-0.4, -0.2) is 23.7 Å². The van der Waals surface area contributed by atoms with Gasteiger partial charge >= 0.3 is 6.18 Å². The first-order chi connectivity index (χ1) is 7.38. The van der Waals surface area contributed by atoms with E-state index in [9.17, 15) is 18.0 Å². The molecule has 1 N–H and O–H groups in total. The molecule has 0 aromatic carbocycles. The van der Waals surface area contributed by atoms with Crippen LogP contribution >= 0.6 is 15.9 Å². The maximum absolute atomic E-state index is 11.7. The van der Waals surface area contributed by atoms with Gasteiger partial charge in [0.15, 0.2) is 6.61 Å². The van der Waals surface area contributed by atoms with Crippen molar-refractivity contribution in [1.82, 2.24) is 10.5 Å². The molecule has 0 atom stereocenters. The first-order valence-corrected chi connectivity index (χ1v) is 4.78. The van der Waals surface area contributed by atoms with Crippen molar-refractivity contribution < 1.29 is 22.8 Å². The summed E-state index contributed by atoms with van der Waals surface area (Å²) in [4.78, 5) is 18.8. The van der Waals surface area contributed by atoms with E-state index in [1.54, 1.807) is 5.48 Å². The third-order valence-corrected chi connectivity index (χ3v) is 1.83. The highest BCUT2D eigenvalue weighted by atomic mass is 79.9. The van der Waals surface area contributed by atoms with E-state index in [-0.39, 0.29) is 5.69 Å². The van der Waals surface area contributed by atoms with Crippen LogP contribution in [-0.2, 0) is 4.84 Å². The minimum Gasteiger partial charge on any atom is -0.265 e. The number of pyridine rings is 1. The Labute approximate surface area is 96.9 Å². The van der Waals surface area contributed by atoms with Gasteiger partial charge in [-0.05, 0) is 28.1 Å². The fourth-order valence-electron chi connectivity index (χ4n) is 0.746. The number of carbonyl (C=O) groups excluding carboxylic acids is 1. The number of rotatable bonds is 3. The molecule has 1 aromatic rings. The smallest absolute Gasteiger partial charge is 0.265 e. The molecule has 1 heterocycles. The Hall–Kier alpha value is -1.15. The summed E-state index contributed by atoms with van der Waals surface area (Å²) >= 11 is 3.10. The van der Waals surface area contributed by atoms with Gasteiger partial charge < -0.3 is 0 Å². The van der Waals surface area contributed by atoms with Crippen molar-refractivity contribution in [2.45, 2.75) is 6.18 Å². The number of nitrogens with one attached hydrogen (secondary N) is 1. The van der Waals surface area contributed by atoms with Gasteiger partial charge in [-0.1, -0.05) is 0 Å². The minimum absolute atomic E-state index is 0.0367. The van der Waals surface area contributed by atoms with Gasteiger partial charge in [0.05, 0.1) is 0 Å². The van der Waals surface area contributed by atoms with Gasteiger partial charge in [-0.3, -0.25) is 9.63 Å². The molecule has 0 aliphatic rings. The molecule has 1 aromatic heterocycles. The molecule has 16 heavy (non-hydrogen) atoms. The van der Waals surface area contributed by atoms with Crippen molar-refractivity contribution in [3.63, 3.8) is 0 Å². The Balaban J connectivity index is 2.44. The van der Waals surface area contributed by atoms with Gasteiger partial charge in [0.2, 0.25) is 0 Å². The summed E-state index contributed by atoms with van der Waals surface area (Å²) in [5, 5.41) is 0. The number of amides is 1. The number of carbonyl (C=O) groups is 1. The van der Waals surface area contributed by atoms with Crippen molar-refractivity contribution in [2.75, 3.05) is 6.61 Å². The molecule has 88 valence electrons. The van der Waals surface area contributed by atoms with E-state index in [0.717, 1.165) is 0 Å². The first kappa shape index (κ1) is 12.9. The fraction of sp³-hybridized carbons (Fsp3) is 0.250. The van der Waals surface area contributed by atoms with E-state index in [2.05, 4.69) is 25.8 Å².